The first-order valence-corrected chi connectivity index (χ1v) is 8.93. The molecule has 0 amide bonds. The van der Waals surface area contributed by atoms with E-state index in [-0.39, 0.29) is 0 Å². The summed E-state index contributed by atoms with van der Waals surface area (Å²) in [6.45, 7) is 4.52. The van der Waals surface area contributed by atoms with Crippen molar-refractivity contribution in [2.24, 2.45) is 0 Å². The summed E-state index contributed by atoms with van der Waals surface area (Å²) in [4.78, 5) is 5.99. The number of fused-ring (bicyclic) bond motifs is 1. The highest BCUT2D eigenvalue weighted by atomic mass is 15.2. The fourth-order valence-corrected chi connectivity index (χ4v) is 3.73. The van der Waals surface area contributed by atoms with E-state index in [1.54, 1.807) is 0 Å². The topological polar surface area (TPSA) is 31.1 Å². The number of hydrogen-bond donors (Lipinski definition) is 2. The van der Waals surface area contributed by atoms with E-state index in [0.717, 1.165) is 39.0 Å². The third kappa shape index (κ3) is 3.53. The molecule has 0 spiro atoms. The average Bonchev–Trinajstić information content (AvgIpc) is 3.04. The molecule has 4 rings (SSSR count). The first-order chi connectivity index (χ1) is 11.9. The lowest BCUT2D eigenvalue weighted by atomic mass is 10.0. The SMILES string of the molecule is c1ccc(CCN2CCN[C@@H](Cc3c[nH]c4ccccc34)C2)cc1. The minimum absolute atomic E-state index is 0.536. The molecule has 3 heteroatoms. The molecular formula is C21H25N3. The van der Waals surface area contributed by atoms with Crippen molar-refractivity contribution in [3.63, 3.8) is 0 Å². The van der Waals surface area contributed by atoms with Crippen LogP contribution in [0.5, 0.6) is 0 Å². The van der Waals surface area contributed by atoms with E-state index < -0.39 is 0 Å². The molecule has 0 bridgehead atoms. The Balaban J connectivity index is 1.36. The molecule has 1 fully saturated rings. The molecule has 3 nitrogen and oxygen atoms in total. The van der Waals surface area contributed by atoms with Crippen LogP contribution in [0, 0.1) is 0 Å². The van der Waals surface area contributed by atoms with Crippen LogP contribution in [-0.4, -0.2) is 42.1 Å². The Morgan fingerprint density at radius 2 is 1.83 bits per heavy atom. The summed E-state index contributed by atoms with van der Waals surface area (Å²) in [5.74, 6) is 0. The van der Waals surface area contributed by atoms with E-state index >= 15 is 0 Å². The van der Waals surface area contributed by atoms with Gasteiger partial charge in [0.2, 0.25) is 0 Å². The Bertz CT molecular complexity index is 778. The number of rotatable bonds is 5. The van der Waals surface area contributed by atoms with Crippen LogP contribution in [0.2, 0.25) is 0 Å². The highest BCUT2D eigenvalue weighted by Gasteiger charge is 2.20. The fourth-order valence-electron chi connectivity index (χ4n) is 3.73. The monoisotopic (exact) mass is 319 g/mol. The molecule has 1 aliphatic rings. The van der Waals surface area contributed by atoms with Crippen molar-refractivity contribution in [1.29, 1.82) is 0 Å². The van der Waals surface area contributed by atoms with Gasteiger partial charge in [0.15, 0.2) is 0 Å². The summed E-state index contributed by atoms with van der Waals surface area (Å²) in [5, 5.41) is 5.06. The van der Waals surface area contributed by atoms with Gasteiger partial charge in [-0.05, 0) is 30.0 Å². The number of para-hydroxylation sites is 1. The lowest BCUT2D eigenvalue weighted by Crippen LogP contribution is -2.51. The van der Waals surface area contributed by atoms with E-state index in [9.17, 15) is 0 Å². The van der Waals surface area contributed by atoms with Gasteiger partial charge in [0.25, 0.3) is 0 Å². The highest BCUT2D eigenvalue weighted by molar-refractivity contribution is 5.83. The molecule has 2 N–H and O–H groups in total. The Morgan fingerprint density at radius 3 is 2.75 bits per heavy atom. The number of aromatic nitrogens is 1. The van der Waals surface area contributed by atoms with Crippen LogP contribution in [0.4, 0.5) is 0 Å². The van der Waals surface area contributed by atoms with E-state index in [0.29, 0.717) is 6.04 Å². The number of aromatic amines is 1. The zero-order chi connectivity index (χ0) is 16.2. The molecule has 1 aromatic heterocycles. The molecule has 3 aromatic rings. The Morgan fingerprint density at radius 1 is 1.00 bits per heavy atom. The normalized spacial score (nSPS) is 18.9. The van der Waals surface area contributed by atoms with E-state index in [4.69, 9.17) is 0 Å². The third-order valence-corrected chi connectivity index (χ3v) is 5.04. The summed E-state index contributed by atoms with van der Waals surface area (Å²) < 4.78 is 0. The second-order valence-corrected chi connectivity index (χ2v) is 6.75. The summed E-state index contributed by atoms with van der Waals surface area (Å²) in [5.41, 5.74) is 4.10. The predicted octanol–water partition coefficient (Wildman–Crippen LogP) is 3.23. The highest BCUT2D eigenvalue weighted by Crippen LogP contribution is 2.20. The van der Waals surface area contributed by atoms with Gasteiger partial charge >= 0.3 is 0 Å². The smallest absolute Gasteiger partial charge is 0.0456 e. The van der Waals surface area contributed by atoms with E-state index in [1.165, 1.54) is 22.0 Å². The molecule has 2 heterocycles. The first kappa shape index (κ1) is 15.4. The maximum atomic E-state index is 3.69. The quantitative estimate of drug-likeness (QED) is 0.756. The van der Waals surface area contributed by atoms with Crippen molar-refractivity contribution in [3.8, 4) is 0 Å². The summed E-state index contributed by atoms with van der Waals surface area (Å²) in [6.07, 6.45) is 4.40. The Labute approximate surface area is 143 Å². The molecule has 1 aliphatic heterocycles. The standard InChI is InChI=1S/C21H25N3/c1-2-6-17(7-3-1)10-12-24-13-11-22-19(16-24)14-18-15-23-21-9-5-4-8-20(18)21/h1-9,15,19,22-23H,10-14,16H2/t19-/m0/s1. The largest absolute Gasteiger partial charge is 0.361 e. The lowest BCUT2D eigenvalue weighted by Gasteiger charge is -2.33. The van der Waals surface area contributed by atoms with Crippen LogP contribution in [0.3, 0.4) is 0 Å². The second-order valence-electron chi connectivity index (χ2n) is 6.75. The maximum absolute atomic E-state index is 3.69. The van der Waals surface area contributed by atoms with Gasteiger partial charge in [-0.15, -0.1) is 0 Å². The molecular weight excluding hydrogens is 294 g/mol. The van der Waals surface area contributed by atoms with Crippen LogP contribution in [0.1, 0.15) is 11.1 Å². The molecule has 0 saturated carbocycles. The number of hydrogen-bond acceptors (Lipinski definition) is 2. The van der Waals surface area contributed by atoms with Crippen molar-refractivity contribution in [2.75, 3.05) is 26.2 Å². The number of nitrogens with zero attached hydrogens (tertiary/aromatic N) is 1. The van der Waals surface area contributed by atoms with Gasteiger partial charge in [-0.1, -0.05) is 48.5 Å². The second kappa shape index (κ2) is 7.20. The summed E-state index contributed by atoms with van der Waals surface area (Å²) >= 11 is 0. The number of piperazine rings is 1. The molecule has 2 aromatic carbocycles. The lowest BCUT2D eigenvalue weighted by molar-refractivity contribution is 0.201. The molecule has 1 saturated heterocycles. The molecule has 124 valence electrons. The number of benzene rings is 2. The third-order valence-electron chi connectivity index (χ3n) is 5.04. The number of nitrogens with one attached hydrogen (secondary N) is 2. The van der Waals surface area contributed by atoms with Gasteiger partial charge in [-0.25, -0.2) is 0 Å². The molecule has 0 aliphatic carbocycles. The van der Waals surface area contributed by atoms with Crippen LogP contribution >= 0.6 is 0 Å². The Kier molecular flexibility index (Phi) is 4.63. The Hall–Kier alpha value is -2.10. The molecule has 0 radical (unpaired) electrons. The van der Waals surface area contributed by atoms with Crippen LogP contribution < -0.4 is 5.32 Å². The van der Waals surface area contributed by atoms with Gasteiger partial charge in [0.1, 0.15) is 0 Å². The van der Waals surface area contributed by atoms with Gasteiger partial charge in [-0.3, -0.25) is 0 Å². The average molecular weight is 319 g/mol. The van der Waals surface area contributed by atoms with Crippen molar-refractivity contribution < 1.29 is 0 Å². The fraction of sp³-hybridized carbons (Fsp3) is 0.333. The molecule has 0 unspecified atom stereocenters. The van der Waals surface area contributed by atoms with Crippen molar-refractivity contribution in [2.45, 2.75) is 18.9 Å². The zero-order valence-electron chi connectivity index (χ0n) is 14.0. The van der Waals surface area contributed by atoms with Gasteiger partial charge in [0, 0.05) is 49.3 Å². The number of H-pyrrole nitrogens is 1. The summed E-state index contributed by atoms with van der Waals surface area (Å²) in [7, 11) is 0. The van der Waals surface area contributed by atoms with Gasteiger partial charge in [0.05, 0.1) is 0 Å². The minimum Gasteiger partial charge on any atom is -0.361 e. The molecule has 1 atom stereocenters. The zero-order valence-corrected chi connectivity index (χ0v) is 14.0. The van der Waals surface area contributed by atoms with Crippen molar-refractivity contribution >= 4 is 10.9 Å². The first-order valence-electron chi connectivity index (χ1n) is 8.93. The van der Waals surface area contributed by atoms with Crippen LogP contribution in [-0.2, 0) is 12.8 Å². The van der Waals surface area contributed by atoms with Crippen LogP contribution in [0.25, 0.3) is 10.9 Å². The predicted molar refractivity (Wildman–Crippen MR) is 100 cm³/mol. The summed E-state index contributed by atoms with van der Waals surface area (Å²) in [6, 6.07) is 19.9. The van der Waals surface area contributed by atoms with Crippen LogP contribution in [0.15, 0.2) is 60.8 Å². The van der Waals surface area contributed by atoms with Crippen molar-refractivity contribution in [3.05, 3.63) is 71.9 Å². The van der Waals surface area contributed by atoms with Gasteiger partial charge < -0.3 is 15.2 Å². The van der Waals surface area contributed by atoms with Crippen molar-refractivity contribution in [1.82, 2.24) is 15.2 Å². The molecule has 24 heavy (non-hydrogen) atoms. The van der Waals surface area contributed by atoms with E-state index in [1.807, 2.05) is 0 Å². The maximum Gasteiger partial charge on any atom is 0.0456 e. The minimum atomic E-state index is 0.536. The van der Waals surface area contributed by atoms with Gasteiger partial charge in [-0.2, -0.15) is 0 Å². The van der Waals surface area contributed by atoms with E-state index in [2.05, 4.69) is 76.0 Å².